The van der Waals surface area contributed by atoms with Gasteiger partial charge in [-0.05, 0) is 92.5 Å². The number of hydrogen-bond acceptors (Lipinski definition) is 6. The molecule has 2 amide bonds. The van der Waals surface area contributed by atoms with Crippen LogP contribution in [0.2, 0.25) is 0 Å². The van der Waals surface area contributed by atoms with Gasteiger partial charge in [0, 0.05) is 55.5 Å². The van der Waals surface area contributed by atoms with Crippen LogP contribution in [0.3, 0.4) is 0 Å². The standard InChI is InChI=1S/C34H44N4O5S/c1-22(2)38-17-9-8-16-36(3)34(40)26-18-25-19-27(43-4)13-15-28(25)32-31(23-10-6-5-7-11-23)29-14-12-24(20-30(29)37(32)21-26)33(39)35-44(38,41)42/h12-15,18-20,22-23,31-32H,5-11,16-17,21H2,1-4H3,(H,35,39). The van der Waals surface area contributed by atoms with E-state index in [-0.39, 0.29) is 30.5 Å². The Balaban J connectivity index is 1.52. The highest BCUT2D eigenvalue weighted by Crippen LogP contribution is 2.57. The number of ether oxygens (including phenoxy) is 1. The molecule has 4 aliphatic rings. The predicted molar refractivity (Wildman–Crippen MR) is 172 cm³/mol. The monoisotopic (exact) mass is 620 g/mol. The van der Waals surface area contributed by atoms with Gasteiger partial charge < -0.3 is 14.5 Å². The Kier molecular flexibility index (Phi) is 8.50. The first kappa shape index (κ1) is 30.6. The summed E-state index contributed by atoms with van der Waals surface area (Å²) in [7, 11) is -0.594. The van der Waals surface area contributed by atoms with Crippen molar-refractivity contribution in [2.45, 2.75) is 76.8 Å². The van der Waals surface area contributed by atoms with Crippen molar-refractivity contribution in [1.82, 2.24) is 13.9 Å². The Morgan fingerprint density at radius 3 is 2.39 bits per heavy atom. The molecule has 1 saturated carbocycles. The molecule has 6 rings (SSSR count). The van der Waals surface area contributed by atoms with E-state index in [2.05, 4.69) is 15.7 Å². The molecule has 2 unspecified atom stereocenters. The van der Waals surface area contributed by atoms with Crippen LogP contribution in [0.15, 0.2) is 42.0 Å². The molecule has 2 aromatic carbocycles. The molecule has 3 aliphatic heterocycles. The summed E-state index contributed by atoms with van der Waals surface area (Å²) in [6.07, 6.45) is 9.10. The third-order valence-corrected chi connectivity index (χ3v) is 11.6. The third kappa shape index (κ3) is 5.62. The van der Waals surface area contributed by atoms with Crippen molar-refractivity contribution in [2.75, 3.05) is 38.7 Å². The van der Waals surface area contributed by atoms with Crippen molar-refractivity contribution in [2.24, 2.45) is 5.92 Å². The summed E-state index contributed by atoms with van der Waals surface area (Å²) in [4.78, 5) is 31.6. The van der Waals surface area contributed by atoms with Crippen molar-refractivity contribution in [3.05, 3.63) is 64.2 Å². The van der Waals surface area contributed by atoms with Crippen molar-refractivity contribution in [3.8, 4) is 5.75 Å². The number of hydrogen-bond donors (Lipinski definition) is 1. The molecule has 1 aliphatic carbocycles. The van der Waals surface area contributed by atoms with Crippen LogP contribution in [0.25, 0.3) is 6.08 Å². The van der Waals surface area contributed by atoms with Gasteiger partial charge in [-0.15, -0.1) is 0 Å². The van der Waals surface area contributed by atoms with Gasteiger partial charge in [0.25, 0.3) is 11.8 Å². The quantitative estimate of drug-likeness (QED) is 0.503. The molecule has 1 N–H and O–H groups in total. The number of nitrogens with zero attached hydrogens (tertiary/aromatic N) is 3. The number of rotatable bonds is 3. The number of benzene rings is 2. The van der Waals surface area contributed by atoms with E-state index >= 15 is 0 Å². The number of carbonyl (C=O) groups excluding carboxylic acids is 2. The number of fused-ring (bicyclic) bond motifs is 4. The zero-order chi connectivity index (χ0) is 31.2. The zero-order valence-corrected chi connectivity index (χ0v) is 27.0. The van der Waals surface area contributed by atoms with Crippen LogP contribution in [0.1, 0.15) is 97.8 Å². The normalized spacial score (nSPS) is 24.6. The van der Waals surface area contributed by atoms with E-state index in [1.165, 1.54) is 23.6 Å². The number of anilines is 1. The van der Waals surface area contributed by atoms with E-state index in [4.69, 9.17) is 4.74 Å². The molecule has 4 bridgehead atoms. The number of amides is 2. The highest BCUT2D eigenvalue weighted by atomic mass is 32.2. The van der Waals surface area contributed by atoms with E-state index < -0.39 is 16.1 Å². The van der Waals surface area contributed by atoms with Crippen LogP contribution in [0.5, 0.6) is 5.75 Å². The van der Waals surface area contributed by atoms with Crippen molar-refractivity contribution in [3.63, 3.8) is 0 Å². The first-order valence-corrected chi connectivity index (χ1v) is 17.4. The van der Waals surface area contributed by atoms with Crippen LogP contribution in [0, 0.1) is 5.92 Å². The second-order valence-electron chi connectivity index (χ2n) is 13.0. The van der Waals surface area contributed by atoms with E-state index in [1.54, 1.807) is 31.9 Å². The first-order valence-electron chi connectivity index (χ1n) is 16.0. The van der Waals surface area contributed by atoms with Gasteiger partial charge in [0.15, 0.2) is 0 Å². The Morgan fingerprint density at radius 1 is 0.932 bits per heavy atom. The van der Waals surface area contributed by atoms with Crippen LogP contribution in [-0.2, 0) is 15.0 Å². The number of methoxy groups -OCH3 is 1. The van der Waals surface area contributed by atoms with Crippen LogP contribution in [-0.4, -0.2) is 69.3 Å². The molecule has 0 saturated heterocycles. The topological polar surface area (TPSA) is 99.3 Å². The Labute approximate surface area is 261 Å². The average molecular weight is 621 g/mol. The summed E-state index contributed by atoms with van der Waals surface area (Å²) >= 11 is 0. The third-order valence-electron chi connectivity index (χ3n) is 9.93. The average Bonchev–Trinajstić information content (AvgIpc) is 3.22. The van der Waals surface area contributed by atoms with Gasteiger partial charge >= 0.3 is 10.2 Å². The van der Waals surface area contributed by atoms with Crippen molar-refractivity contribution in [1.29, 1.82) is 0 Å². The molecule has 0 aromatic heterocycles. The maximum Gasteiger partial charge on any atom is 0.304 e. The lowest BCUT2D eigenvalue weighted by Gasteiger charge is -2.36. The molecule has 9 nitrogen and oxygen atoms in total. The minimum absolute atomic E-state index is 0.0294. The predicted octanol–water partition coefficient (Wildman–Crippen LogP) is 5.25. The SMILES string of the molecule is COc1ccc2c(c1)C=C1CN3c4cc(ccc4C(C4CCCCC4)C23)C(=O)NS(=O)(=O)N(C(C)C)CCCCN(C)C1=O. The highest BCUT2D eigenvalue weighted by Gasteiger charge is 2.46. The molecule has 10 heteroatoms. The van der Waals surface area contributed by atoms with Gasteiger partial charge in [-0.3, -0.25) is 9.59 Å². The fourth-order valence-corrected chi connectivity index (χ4v) is 9.15. The van der Waals surface area contributed by atoms with Crippen LogP contribution in [0.4, 0.5) is 5.69 Å². The second-order valence-corrected chi connectivity index (χ2v) is 14.6. The minimum Gasteiger partial charge on any atom is -0.497 e. The molecule has 1 fully saturated rings. The maximum atomic E-state index is 14.1. The maximum absolute atomic E-state index is 14.1. The lowest BCUT2D eigenvalue weighted by molar-refractivity contribution is -0.125. The van der Waals surface area contributed by atoms with Gasteiger partial charge in [0.1, 0.15) is 5.75 Å². The Morgan fingerprint density at radius 2 is 1.66 bits per heavy atom. The summed E-state index contributed by atoms with van der Waals surface area (Å²) in [6, 6.07) is 11.4. The molecule has 2 aromatic rings. The highest BCUT2D eigenvalue weighted by molar-refractivity contribution is 7.87. The van der Waals surface area contributed by atoms with Crippen LogP contribution >= 0.6 is 0 Å². The summed E-state index contributed by atoms with van der Waals surface area (Å²) in [5.41, 5.74) is 5.16. The van der Waals surface area contributed by atoms with Gasteiger partial charge in [-0.25, -0.2) is 4.72 Å². The molecule has 44 heavy (non-hydrogen) atoms. The molecule has 0 radical (unpaired) electrons. The summed E-state index contributed by atoms with van der Waals surface area (Å²) in [5, 5.41) is 0. The second kappa shape index (κ2) is 12.2. The smallest absolute Gasteiger partial charge is 0.304 e. The van der Waals surface area contributed by atoms with E-state index in [0.29, 0.717) is 43.0 Å². The zero-order valence-electron chi connectivity index (χ0n) is 26.2. The van der Waals surface area contributed by atoms with E-state index in [1.807, 2.05) is 37.4 Å². The lowest BCUT2D eigenvalue weighted by atomic mass is 9.73. The fraction of sp³-hybridized carbons (Fsp3) is 0.529. The molecule has 2 atom stereocenters. The number of carbonyl (C=O) groups is 2. The van der Waals surface area contributed by atoms with Crippen molar-refractivity contribution >= 4 is 33.8 Å². The molecular weight excluding hydrogens is 576 g/mol. The molecule has 236 valence electrons. The Bertz CT molecular complexity index is 1580. The molecular formula is C34H44N4O5S. The van der Waals surface area contributed by atoms with Gasteiger partial charge in [-0.1, -0.05) is 31.4 Å². The van der Waals surface area contributed by atoms with Crippen molar-refractivity contribution < 1.29 is 22.7 Å². The molecule has 3 heterocycles. The summed E-state index contributed by atoms with van der Waals surface area (Å²) in [6.45, 7) is 4.74. The molecule has 0 spiro atoms. The summed E-state index contributed by atoms with van der Waals surface area (Å²) in [5.74, 6) is 0.691. The van der Waals surface area contributed by atoms with Gasteiger partial charge in [0.2, 0.25) is 0 Å². The summed E-state index contributed by atoms with van der Waals surface area (Å²) < 4.78 is 36.1. The van der Waals surface area contributed by atoms with Gasteiger partial charge in [0.05, 0.1) is 13.2 Å². The number of nitrogens with one attached hydrogen (secondary N) is 1. The first-order chi connectivity index (χ1) is 21.1. The van der Waals surface area contributed by atoms with Crippen LogP contribution < -0.4 is 14.4 Å². The van der Waals surface area contributed by atoms with E-state index in [9.17, 15) is 18.0 Å². The largest absolute Gasteiger partial charge is 0.497 e. The van der Waals surface area contributed by atoms with Gasteiger partial charge in [-0.2, -0.15) is 12.7 Å². The van der Waals surface area contributed by atoms with E-state index in [0.717, 1.165) is 41.0 Å². The minimum atomic E-state index is -4.07. The Hall–Kier alpha value is -3.37. The number of likely N-dealkylation sites (N-methyl/N-ethyl adjacent to an activating group) is 1. The fourth-order valence-electron chi connectivity index (χ4n) is 7.75. The lowest BCUT2D eigenvalue weighted by Crippen LogP contribution is -2.47.